The average Bonchev–Trinajstić information content (AvgIpc) is 2.98. The summed E-state index contributed by atoms with van der Waals surface area (Å²) in [6.45, 7) is 0. The summed E-state index contributed by atoms with van der Waals surface area (Å²) in [4.78, 5) is 3.95. The zero-order chi connectivity index (χ0) is 18.0. The maximum atomic E-state index is 13.7. The van der Waals surface area contributed by atoms with Crippen LogP contribution in [0.15, 0.2) is 40.9 Å². The second-order valence-electron chi connectivity index (χ2n) is 5.09. The molecule has 0 fully saturated rings. The molecule has 0 aliphatic rings. The fourth-order valence-electron chi connectivity index (χ4n) is 2.17. The molecule has 0 radical (unpaired) electrons. The van der Waals surface area contributed by atoms with Crippen molar-refractivity contribution in [3.05, 3.63) is 75.9 Å². The van der Waals surface area contributed by atoms with E-state index in [9.17, 15) is 13.2 Å². The van der Waals surface area contributed by atoms with E-state index in [-0.39, 0.29) is 28.8 Å². The van der Waals surface area contributed by atoms with Gasteiger partial charge in [0, 0.05) is 29.8 Å². The second-order valence-corrected chi connectivity index (χ2v) is 5.50. The van der Waals surface area contributed by atoms with Gasteiger partial charge in [0.05, 0.1) is 16.8 Å². The highest BCUT2D eigenvalue weighted by molar-refractivity contribution is 6.32. The van der Waals surface area contributed by atoms with Gasteiger partial charge in [0.25, 0.3) is 6.01 Å². The van der Waals surface area contributed by atoms with Crippen molar-refractivity contribution in [3.63, 3.8) is 0 Å². The molecule has 0 aliphatic carbocycles. The zero-order valence-corrected chi connectivity index (χ0v) is 13.2. The summed E-state index contributed by atoms with van der Waals surface area (Å²) in [5, 5.41) is 11.9. The molecule has 0 atom stereocenters. The van der Waals surface area contributed by atoms with Crippen LogP contribution in [0, 0.1) is 28.8 Å². The number of hydrogen-bond acceptors (Lipinski definition) is 4. The highest BCUT2D eigenvalue weighted by atomic mass is 35.5. The molecule has 1 N–H and O–H groups in total. The number of nitrogens with zero attached hydrogens (tertiary/aromatic N) is 2. The Morgan fingerprint density at radius 2 is 1.88 bits per heavy atom. The number of anilines is 2. The molecule has 0 saturated heterocycles. The van der Waals surface area contributed by atoms with E-state index in [1.54, 1.807) is 6.07 Å². The number of benzene rings is 2. The van der Waals surface area contributed by atoms with Crippen LogP contribution in [0.5, 0.6) is 0 Å². The van der Waals surface area contributed by atoms with E-state index >= 15 is 0 Å². The van der Waals surface area contributed by atoms with E-state index < -0.39 is 17.5 Å². The second kappa shape index (κ2) is 6.87. The molecule has 0 amide bonds. The van der Waals surface area contributed by atoms with Crippen LogP contribution in [-0.2, 0) is 6.42 Å². The lowest BCUT2D eigenvalue weighted by molar-refractivity contribution is 0.500. The number of aromatic nitrogens is 1. The van der Waals surface area contributed by atoms with E-state index in [1.807, 2.05) is 6.07 Å². The summed E-state index contributed by atoms with van der Waals surface area (Å²) in [6, 6.07) is 7.87. The third-order valence-corrected chi connectivity index (χ3v) is 3.66. The molecule has 0 spiro atoms. The van der Waals surface area contributed by atoms with Gasteiger partial charge in [-0.05, 0) is 18.2 Å². The molecule has 126 valence electrons. The minimum Gasteiger partial charge on any atom is -0.428 e. The average molecular weight is 364 g/mol. The Morgan fingerprint density at radius 1 is 1.16 bits per heavy atom. The molecule has 3 aromatic rings. The van der Waals surface area contributed by atoms with Crippen molar-refractivity contribution in [1.82, 2.24) is 4.98 Å². The third kappa shape index (κ3) is 3.75. The Balaban J connectivity index is 1.77. The molecule has 0 unspecified atom stereocenters. The van der Waals surface area contributed by atoms with E-state index in [1.165, 1.54) is 18.3 Å². The van der Waals surface area contributed by atoms with E-state index in [0.29, 0.717) is 23.4 Å². The van der Waals surface area contributed by atoms with Crippen LogP contribution in [0.3, 0.4) is 0 Å². The number of nitrogens with one attached hydrogen (secondary N) is 1. The van der Waals surface area contributed by atoms with Crippen LogP contribution in [-0.4, -0.2) is 4.98 Å². The van der Waals surface area contributed by atoms with Crippen LogP contribution in [0.4, 0.5) is 24.9 Å². The highest BCUT2D eigenvalue weighted by Crippen LogP contribution is 2.25. The highest BCUT2D eigenvalue weighted by Gasteiger charge is 2.15. The van der Waals surface area contributed by atoms with Crippen molar-refractivity contribution in [2.75, 3.05) is 5.32 Å². The standard InChI is InChI=1S/C17H9ClF3N3O/c18-14-5-11(2-1-9(14)7-22)24-17-23-8-12(25-17)6-13-15(20)3-10(19)4-16(13)21/h1-5,8H,6H2,(H,23,24). The Morgan fingerprint density at radius 3 is 2.52 bits per heavy atom. The van der Waals surface area contributed by atoms with Crippen LogP contribution in [0.2, 0.25) is 5.02 Å². The van der Waals surface area contributed by atoms with Gasteiger partial charge in [-0.15, -0.1) is 0 Å². The smallest absolute Gasteiger partial charge is 0.299 e. The number of rotatable bonds is 4. The third-order valence-electron chi connectivity index (χ3n) is 3.35. The molecule has 2 aromatic carbocycles. The molecule has 1 aromatic heterocycles. The fraction of sp³-hybridized carbons (Fsp3) is 0.0588. The lowest BCUT2D eigenvalue weighted by atomic mass is 10.1. The van der Waals surface area contributed by atoms with Gasteiger partial charge in [0.1, 0.15) is 29.3 Å². The van der Waals surface area contributed by atoms with Crippen LogP contribution in [0.1, 0.15) is 16.9 Å². The minimum absolute atomic E-state index is 0.0821. The molecule has 0 bridgehead atoms. The van der Waals surface area contributed by atoms with Crippen LogP contribution >= 0.6 is 11.6 Å². The molecule has 0 aliphatic heterocycles. The summed E-state index contributed by atoms with van der Waals surface area (Å²) < 4.78 is 45.6. The van der Waals surface area contributed by atoms with Gasteiger partial charge in [-0.1, -0.05) is 11.6 Å². The van der Waals surface area contributed by atoms with Crippen molar-refractivity contribution in [3.8, 4) is 6.07 Å². The van der Waals surface area contributed by atoms with Gasteiger partial charge < -0.3 is 9.73 Å². The Bertz CT molecular complexity index is 959. The maximum Gasteiger partial charge on any atom is 0.299 e. The van der Waals surface area contributed by atoms with Crippen LogP contribution < -0.4 is 5.32 Å². The van der Waals surface area contributed by atoms with Gasteiger partial charge in [-0.3, -0.25) is 0 Å². The molecule has 4 nitrogen and oxygen atoms in total. The Labute approximate surface area is 145 Å². The van der Waals surface area contributed by atoms with Gasteiger partial charge >= 0.3 is 0 Å². The van der Waals surface area contributed by atoms with Gasteiger partial charge in [0.15, 0.2) is 0 Å². The van der Waals surface area contributed by atoms with Crippen molar-refractivity contribution in [2.45, 2.75) is 6.42 Å². The minimum atomic E-state index is -0.998. The quantitative estimate of drug-likeness (QED) is 0.712. The summed E-state index contributed by atoms with van der Waals surface area (Å²) >= 11 is 5.93. The van der Waals surface area contributed by atoms with E-state index in [0.717, 1.165) is 0 Å². The van der Waals surface area contributed by atoms with Crippen molar-refractivity contribution in [1.29, 1.82) is 5.26 Å². The SMILES string of the molecule is N#Cc1ccc(Nc2ncc(Cc3c(F)cc(F)cc3F)o2)cc1Cl. The monoisotopic (exact) mass is 363 g/mol. The first kappa shape index (κ1) is 16.9. The normalized spacial score (nSPS) is 10.5. The lowest BCUT2D eigenvalue weighted by Crippen LogP contribution is -1.98. The summed E-state index contributed by atoms with van der Waals surface area (Å²) in [5.41, 5.74) is 0.532. The lowest BCUT2D eigenvalue weighted by Gasteiger charge is -2.04. The van der Waals surface area contributed by atoms with Crippen molar-refractivity contribution >= 4 is 23.3 Å². The van der Waals surface area contributed by atoms with Crippen LogP contribution in [0.25, 0.3) is 0 Å². The van der Waals surface area contributed by atoms with Gasteiger partial charge in [-0.25, -0.2) is 18.2 Å². The molecule has 1 heterocycles. The maximum absolute atomic E-state index is 13.7. The number of halogens is 4. The predicted molar refractivity (Wildman–Crippen MR) is 85.1 cm³/mol. The molecule has 3 rings (SSSR count). The molecule has 0 saturated carbocycles. The first-order chi connectivity index (χ1) is 12.0. The zero-order valence-electron chi connectivity index (χ0n) is 12.5. The van der Waals surface area contributed by atoms with Crippen molar-refractivity contribution < 1.29 is 17.6 Å². The molecule has 25 heavy (non-hydrogen) atoms. The first-order valence-electron chi connectivity index (χ1n) is 7.01. The first-order valence-corrected chi connectivity index (χ1v) is 7.39. The summed E-state index contributed by atoms with van der Waals surface area (Å²) in [5.74, 6) is -2.80. The Hall–Kier alpha value is -2.98. The molecule has 8 heteroatoms. The summed E-state index contributed by atoms with van der Waals surface area (Å²) in [6.07, 6.45) is 1.08. The van der Waals surface area contributed by atoms with E-state index in [4.69, 9.17) is 21.3 Å². The number of nitriles is 1. The van der Waals surface area contributed by atoms with Gasteiger partial charge in [0.2, 0.25) is 0 Å². The fourth-order valence-corrected chi connectivity index (χ4v) is 2.39. The molecular weight excluding hydrogens is 355 g/mol. The predicted octanol–water partition coefficient (Wildman–Crippen LogP) is 4.95. The number of oxazole rings is 1. The number of hydrogen-bond donors (Lipinski definition) is 1. The summed E-state index contributed by atoms with van der Waals surface area (Å²) in [7, 11) is 0. The topological polar surface area (TPSA) is 61.9 Å². The van der Waals surface area contributed by atoms with E-state index in [2.05, 4.69) is 10.3 Å². The van der Waals surface area contributed by atoms with Crippen molar-refractivity contribution in [2.24, 2.45) is 0 Å². The largest absolute Gasteiger partial charge is 0.428 e. The molecular formula is C17H9ClF3N3O. The Kier molecular flexibility index (Phi) is 4.63. The van der Waals surface area contributed by atoms with Gasteiger partial charge in [-0.2, -0.15) is 5.26 Å².